The number of fused-ring (bicyclic) bond motifs is 6. The van der Waals surface area contributed by atoms with Crippen molar-refractivity contribution in [2.24, 2.45) is 0 Å². The van der Waals surface area contributed by atoms with E-state index in [1.807, 2.05) is 97.1 Å². The van der Waals surface area contributed by atoms with Gasteiger partial charge in [-0.15, -0.1) is 0 Å². The van der Waals surface area contributed by atoms with Crippen LogP contribution >= 0.6 is 15.0 Å². The first kappa shape index (κ1) is 68.9. The van der Waals surface area contributed by atoms with Crippen LogP contribution in [0.15, 0.2) is 419 Å². The van der Waals surface area contributed by atoms with Crippen LogP contribution in [0.3, 0.4) is 0 Å². The Balaban J connectivity index is 0.000000151. The van der Waals surface area contributed by atoms with Crippen LogP contribution in [0.2, 0.25) is 0 Å². The van der Waals surface area contributed by atoms with E-state index >= 15 is 0 Å². The van der Waals surface area contributed by atoms with Gasteiger partial charge in [-0.1, -0.05) is 352 Å². The van der Waals surface area contributed by atoms with Gasteiger partial charge in [0.25, 0.3) is 0 Å². The number of benzene rings is 16. The van der Waals surface area contributed by atoms with Crippen LogP contribution in [0.1, 0.15) is 0 Å². The summed E-state index contributed by atoms with van der Waals surface area (Å²) in [6.07, 6.45) is 0. The van der Waals surface area contributed by atoms with E-state index in [0.717, 1.165) is 149 Å². The monoisotopic (exact) mass is 1470 g/mol. The first-order valence-electron chi connectivity index (χ1n) is 37.6. The summed E-state index contributed by atoms with van der Waals surface area (Å²) in [4.78, 5) is 49.9. The van der Waals surface area contributed by atoms with Gasteiger partial charge in [0, 0.05) is 55.6 Å². The largest absolute Gasteiger partial charge is 0.239 e. The molecule has 2 N–H and O–H groups in total. The number of hydrogen-bond acceptors (Lipinski definition) is 7. The maximum Gasteiger partial charge on any atom is 0.239 e. The van der Waals surface area contributed by atoms with Gasteiger partial charge in [-0.2, -0.15) is 0 Å². The Morgan fingerprint density at radius 2 is 0.366 bits per heavy atom. The Bertz CT molecular complexity index is 5980. The molecule has 0 saturated heterocycles. The average Bonchev–Trinajstić information content (AvgIpc) is 1.57. The summed E-state index contributed by atoms with van der Waals surface area (Å²) in [5.74, 6) is 2.58. The molecular weight excluding hydrogens is 1400 g/mol. The quantitative estimate of drug-likeness (QED) is 0.105. The SMILES string of the molecule is O[P+]1(c2ccc(-c3ccc(-c4cccc(-c5cc(-c6ccc(-c7ccccc7)cc6)nc(-c6ccccc6)n5)c4)cc3)cc2)c2ccccc2-c2ccccc21.O[P+]1(c2ccc(-c3ccc(-c4cccc(-c5nc(-c6ccccc6)nc(-c6ccc(-c7ccccc7)cc6)n5)c4)cc3)cc2)c2ccccc2-c2ccccc21. The lowest BCUT2D eigenvalue weighted by Crippen LogP contribution is -2.26. The Kier molecular flexibility index (Phi) is 18.3. The highest BCUT2D eigenvalue weighted by atomic mass is 31.2. The second-order valence-corrected chi connectivity index (χ2v) is 33.6. The fraction of sp³-hybridized carbons (Fsp3) is 0. The average molecular weight is 1470 g/mol. The highest BCUT2D eigenvalue weighted by Gasteiger charge is 2.54. The molecule has 2 aliphatic heterocycles. The molecule has 112 heavy (non-hydrogen) atoms. The zero-order valence-electron chi connectivity index (χ0n) is 60.9. The summed E-state index contributed by atoms with van der Waals surface area (Å²) >= 11 is 0. The minimum Gasteiger partial charge on any atom is -0.235 e. The summed E-state index contributed by atoms with van der Waals surface area (Å²) in [6, 6.07) is 145. The lowest BCUT2D eigenvalue weighted by molar-refractivity contribution is 0.633. The molecule has 7 nitrogen and oxygen atoms in total. The Morgan fingerprint density at radius 1 is 0.152 bits per heavy atom. The highest BCUT2D eigenvalue weighted by molar-refractivity contribution is 7.92. The van der Waals surface area contributed by atoms with Crippen LogP contribution in [0.25, 0.3) is 157 Å². The van der Waals surface area contributed by atoms with Gasteiger partial charge in [-0.3, -0.25) is 0 Å². The normalized spacial score (nSPS) is 12.5. The summed E-state index contributed by atoms with van der Waals surface area (Å²) in [6.45, 7) is 0. The molecule has 2 aromatic heterocycles. The van der Waals surface area contributed by atoms with Crippen molar-refractivity contribution in [2.45, 2.75) is 0 Å². The van der Waals surface area contributed by atoms with Gasteiger partial charge in [0.1, 0.15) is 31.8 Å². The summed E-state index contributed by atoms with van der Waals surface area (Å²) in [5.41, 5.74) is 25.6. The van der Waals surface area contributed by atoms with E-state index in [0.29, 0.717) is 23.3 Å². The molecule has 0 fully saturated rings. The highest BCUT2D eigenvalue weighted by Crippen LogP contribution is 2.60. The third-order valence-electron chi connectivity index (χ3n) is 21.4. The van der Waals surface area contributed by atoms with Crippen molar-refractivity contribution in [1.29, 1.82) is 0 Å². The first-order valence-corrected chi connectivity index (χ1v) is 41.1. The second kappa shape index (κ2) is 29.8. The number of hydrogen-bond donors (Lipinski definition) is 2. The molecule has 0 bridgehead atoms. The molecule has 0 aliphatic carbocycles. The first-order chi connectivity index (χ1) is 55.2. The van der Waals surface area contributed by atoms with Gasteiger partial charge < -0.3 is 0 Å². The van der Waals surface area contributed by atoms with Crippen LogP contribution in [0, 0.1) is 0 Å². The molecule has 0 radical (unpaired) electrons. The molecule has 16 aromatic carbocycles. The van der Waals surface area contributed by atoms with Gasteiger partial charge in [-0.25, -0.2) is 34.7 Å². The maximum absolute atomic E-state index is 12.4. The van der Waals surface area contributed by atoms with Crippen LogP contribution in [0.4, 0.5) is 0 Å². The fourth-order valence-corrected chi connectivity index (χ4v) is 21.8. The number of nitrogens with zero attached hydrogens (tertiary/aromatic N) is 5. The third-order valence-corrected chi connectivity index (χ3v) is 27.9. The van der Waals surface area contributed by atoms with E-state index in [4.69, 9.17) is 24.9 Å². The van der Waals surface area contributed by atoms with Gasteiger partial charge in [0.2, 0.25) is 15.0 Å². The zero-order chi connectivity index (χ0) is 75.0. The smallest absolute Gasteiger partial charge is 0.235 e. The molecule has 9 heteroatoms. The predicted octanol–water partition coefficient (Wildman–Crippen LogP) is 22.7. The minimum absolute atomic E-state index is 0.622. The Labute approximate surface area is 652 Å². The Morgan fingerprint density at radius 3 is 0.723 bits per heavy atom. The molecule has 0 spiro atoms. The Hall–Kier alpha value is -13.6. The summed E-state index contributed by atoms with van der Waals surface area (Å²) in [7, 11) is -5.42. The molecule has 0 atom stereocenters. The molecule has 0 amide bonds. The van der Waals surface area contributed by atoms with Gasteiger partial charge in [-0.05, 0) is 133 Å². The summed E-state index contributed by atoms with van der Waals surface area (Å²) < 4.78 is 0. The van der Waals surface area contributed by atoms with E-state index in [9.17, 15) is 9.79 Å². The van der Waals surface area contributed by atoms with Gasteiger partial charge in [0.05, 0.1) is 11.4 Å². The zero-order valence-corrected chi connectivity index (χ0v) is 62.7. The predicted molar refractivity (Wildman–Crippen MR) is 467 cm³/mol. The van der Waals surface area contributed by atoms with Crippen molar-refractivity contribution in [3.05, 3.63) is 419 Å². The second-order valence-electron chi connectivity index (χ2n) is 28.1. The molecule has 4 heterocycles. The van der Waals surface area contributed by atoms with Crippen LogP contribution < -0.4 is 31.8 Å². The number of rotatable bonds is 14. The molecule has 18 aromatic rings. The van der Waals surface area contributed by atoms with Crippen LogP contribution in [0.5, 0.6) is 0 Å². The van der Waals surface area contributed by atoms with Crippen LogP contribution in [-0.4, -0.2) is 34.7 Å². The molecule has 0 unspecified atom stereocenters. The topological polar surface area (TPSA) is 105 Å². The third kappa shape index (κ3) is 13.1. The van der Waals surface area contributed by atoms with E-state index in [-0.39, 0.29) is 0 Å². The van der Waals surface area contributed by atoms with Crippen molar-refractivity contribution in [3.63, 3.8) is 0 Å². The van der Waals surface area contributed by atoms with E-state index in [2.05, 4.69) is 322 Å². The lowest BCUT2D eigenvalue weighted by Gasteiger charge is -2.16. The molecule has 528 valence electrons. The standard InChI is InChI=1S/C52H36N2OP.C51H35N3OP/c55-56(50-20-9-7-18-46(50)47-19-8-10-21-51(47)56)45-32-30-39(31-33-45)38-22-24-40(25-23-38)43-16-11-17-44(34-43)49-35-48(53-52(54-49)42-14-5-2-6-15-42)41-28-26-37(27-29-41)36-12-3-1-4-13-36;55-56(47-20-9-7-18-45(47)46-19-8-10-21-48(46)56)44-32-30-38(31-33-44)37-22-24-39(25-23-37)42-16-11-17-43(34-42)51-53-49(40-14-5-2-6-15-40)52-50(54-51)41-28-26-36(27-29-41)35-12-3-1-4-13-35/h1-35,55H;1-34,55H/q2*+1. The van der Waals surface area contributed by atoms with E-state index < -0.39 is 15.0 Å². The summed E-state index contributed by atoms with van der Waals surface area (Å²) in [5, 5.41) is 6.07. The van der Waals surface area contributed by atoms with Crippen molar-refractivity contribution < 1.29 is 9.79 Å². The van der Waals surface area contributed by atoms with E-state index in [1.165, 1.54) is 16.7 Å². The number of aromatic nitrogens is 5. The minimum atomic E-state index is -2.71. The maximum atomic E-state index is 12.4. The fourth-order valence-electron chi connectivity index (χ4n) is 15.6. The molecule has 0 saturated carbocycles. The molecule has 2 aliphatic rings. The van der Waals surface area contributed by atoms with Crippen LogP contribution in [-0.2, 0) is 0 Å². The van der Waals surface area contributed by atoms with Crippen molar-refractivity contribution in [2.75, 3.05) is 0 Å². The van der Waals surface area contributed by atoms with Crippen molar-refractivity contribution in [3.8, 4) is 157 Å². The molecular formula is C103H71N5O2P2+2. The van der Waals surface area contributed by atoms with E-state index in [1.54, 1.807) is 0 Å². The van der Waals surface area contributed by atoms with Gasteiger partial charge >= 0.3 is 0 Å². The van der Waals surface area contributed by atoms with Crippen molar-refractivity contribution >= 4 is 46.8 Å². The lowest BCUT2D eigenvalue weighted by atomic mass is 9.98. The van der Waals surface area contributed by atoms with Gasteiger partial charge in [0.15, 0.2) is 23.3 Å². The van der Waals surface area contributed by atoms with Crippen molar-refractivity contribution in [1.82, 2.24) is 24.9 Å². The molecule has 20 rings (SSSR count).